The first-order chi connectivity index (χ1) is 10.5. The van der Waals surface area contributed by atoms with Gasteiger partial charge in [-0.25, -0.2) is 8.42 Å². The number of amides is 1. The molecule has 2 aliphatic heterocycles. The van der Waals surface area contributed by atoms with Crippen LogP contribution in [0.25, 0.3) is 0 Å². The van der Waals surface area contributed by atoms with Crippen molar-refractivity contribution in [2.45, 2.75) is 31.1 Å². The largest absolute Gasteiger partial charge is 0.491 e. The zero-order valence-corrected chi connectivity index (χ0v) is 13.4. The molecule has 1 aromatic rings. The second-order valence-electron chi connectivity index (χ2n) is 5.89. The lowest BCUT2D eigenvalue weighted by molar-refractivity contribution is -0.116. The Hall–Kier alpha value is -1.60. The minimum atomic E-state index is -3.52. The van der Waals surface area contributed by atoms with E-state index in [4.69, 9.17) is 4.74 Å². The van der Waals surface area contributed by atoms with Gasteiger partial charge in [-0.1, -0.05) is 6.92 Å². The van der Waals surface area contributed by atoms with Crippen molar-refractivity contribution in [2.75, 3.05) is 25.0 Å². The van der Waals surface area contributed by atoms with Gasteiger partial charge in [-0.3, -0.25) is 4.79 Å². The smallest absolute Gasteiger partial charge is 0.243 e. The number of hydrogen-bond acceptors (Lipinski definition) is 4. The minimum absolute atomic E-state index is 0.167. The number of carbonyl (C=O) groups is 1. The highest BCUT2D eigenvalue weighted by molar-refractivity contribution is 7.89. The van der Waals surface area contributed by atoms with Crippen molar-refractivity contribution in [2.24, 2.45) is 5.92 Å². The number of ether oxygens (including phenoxy) is 1. The number of piperidine rings is 1. The molecule has 0 atom stereocenters. The summed E-state index contributed by atoms with van der Waals surface area (Å²) in [4.78, 5) is 11.8. The Morgan fingerprint density at radius 1 is 1.27 bits per heavy atom. The highest BCUT2D eigenvalue weighted by Gasteiger charge is 2.29. The molecular formula is C15H20N2O4S. The summed E-state index contributed by atoms with van der Waals surface area (Å²) in [6.45, 7) is 3.53. The van der Waals surface area contributed by atoms with Crippen molar-refractivity contribution in [1.82, 2.24) is 4.31 Å². The van der Waals surface area contributed by atoms with Gasteiger partial charge in [0, 0.05) is 13.1 Å². The lowest BCUT2D eigenvalue weighted by Gasteiger charge is -2.29. The highest BCUT2D eigenvalue weighted by Crippen LogP contribution is 2.32. The summed E-state index contributed by atoms with van der Waals surface area (Å²) in [6, 6.07) is 4.65. The molecule has 0 bridgehead atoms. The molecule has 0 aromatic heterocycles. The van der Waals surface area contributed by atoms with Crippen LogP contribution in [0.1, 0.15) is 26.2 Å². The molecule has 120 valence electrons. The maximum atomic E-state index is 12.7. The molecule has 0 unspecified atom stereocenters. The van der Waals surface area contributed by atoms with E-state index in [2.05, 4.69) is 12.2 Å². The molecule has 1 aromatic carbocycles. The summed E-state index contributed by atoms with van der Waals surface area (Å²) in [6.07, 6.45) is 2.02. The number of rotatable bonds is 2. The van der Waals surface area contributed by atoms with Gasteiger partial charge in [0.1, 0.15) is 5.75 Å². The third kappa shape index (κ3) is 2.96. The van der Waals surface area contributed by atoms with Crippen LogP contribution in [0, 0.1) is 5.92 Å². The van der Waals surface area contributed by atoms with Gasteiger partial charge in [0.15, 0.2) is 0 Å². The van der Waals surface area contributed by atoms with E-state index in [-0.39, 0.29) is 17.2 Å². The average molecular weight is 324 g/mol. The molecule has 2 heterocycles. The summed E-state index contributed by atoms with van der Waals surface area (Å²) < 4.78 is 32.4. The molecule has 0 spiro atoms. The Morgan fingerprint density at radius 3 is 2.73 bits per heavy atom. The van der Waals surface area contributed by atoms with E-state index in [9.17, 15) is 13.2 Å². The zero-order chi connectivity index (χ0) is 15.7. The van der Waals surface area contributed by atoms with Gasteiger partial charge < -0.3 is 10.1 Å². The molecule has 1 fully saturated rings. The van der Waals surface area contributed by atoms with Crippen LogP contribution in [0.2, 0.25) is 0 Å². The zero-order valence-electron chi connectivity index (χ0n) is 12.5. The van der Waals surface area contributed by atoms with Gasteiger partial charge in [0.25, 0.3) is 0 Å². The Morgan fingerprint density at radius 2 is 2.00 bits per heavy atom. The van der Waals surface area contributed by atoms with Crippen LogP contribution in [0.5, 0.6) is 5.75 Å². The van der Waals surface area contributed by atoms with Crippen LogP contribution < -0.4 is 10.1 Å². The lowest BCUT2D eigenvalue weighted by atomic mass is 10.0. The molecule has 0 saturated carbocycles. The van der Waals surface area contributed by atoms with Crippen molar-refractivity contribution in [3.05, 3.63) is 18.2 Å². The first-order valence-electron chi connectivity index (χ1n) is 7.53. The molecule has 3 rings (SSSR count). The highest BCUT2D eigenvalue weighted by atomic mass is 32.2. The molecular weight excluding hydrogens is 304 g/mol. The predicted molar refractivity (Wildman–Crippen MR) is 82.3 cm³/mol. The number of nitrogens with one attached hydrogen (secondary N) is 1. The number of anilines is 1. The first-order valence-corrected chi connectivity index (χ1v) is 8.97. The number of benzene rings is 1. The molecule has 1 saturated heterocycles. The van der Waals surface area contributed by atoms with Gasteiger partial charge in [0.2, 0.25) is 15.9 Å². The van der Waals surface area contributed by atoms with Crippen LogP contribution in [-0.4, -0.2) is 38.3 Å². The maximum absolute atomic E-state index is 12.7. The maximum Gasteiger partial charge on any atom is 0.243 e. The van der Waals surface area contributed by atoms with E-state index < -0.39 is 10.0 Å². The van der Waals surface area contributed by atoms with E-state index in [1.165, 1.54) is 10.4 Å². The number of nitrogens with zero attached hydrogens (tertiary/aromatic N) is 1. The number of carbonyl (C=O) groups excluding carboxylic acids is 1. The predicted octanol–water partition coefficient (Wildman–Crippen LogP) is 1.83. The van der Waals surface area contributed by atoms with E-state index in [0.717, 1.165) is 12.8 Å². The van der Waals surface area contributed by atoms with E-state index in [1.54, 1.807) is 12.1 Å². The molecule has 1 N–H and O–H groups in total. The summed E-state index contributed by atoms with van der Waals surface area (Å²) in [7, 11) is -3.52. The summed E-state index contributed by atoms with van der Waals surface area (Å²) >= 11 is 0. The summed E-state index contributed by atoms with van der Waals surface area (Å²) in [5.74, 6) is 0.906. The monoisotopic (exact) mass is 324 g/mol. The third-order valence-corrected chi connectivity index (χ3v) is 6.09. The molecule has 6 nitrogen and oxygen atoms in total. The van der Waals surface area contributed by atoms with Crippen molar-refractivity contribution < 1.29 is 17.9 Å². The van der Waals surface area contributed by atoms with Gasteiger partial charge in [0.05, 0.1) is 23.6 Å². The van der Waals surface area contributed by atoms with Gasteiger partial charge in [-0.05, 0) is 37.0 Å². The Labute approximate surface area is 130 Å². The van der Waals surface area contributed by atoms with Crippen LogP contribution in [0.4, 0.5) is 5.69 Å². The van der Waals surface area contributed by atoms with Gasteiger partial charge >= 0.3 is 0 Å². The van der Waals surface area contributed by atoms with Crippen LogP contribution in [0.15, 0.2) is 23.1 Å². The Kier molecular flexibility index (Phi) is 4.10. The molecule has 2 aliphatic rings. The first kappa shape index (κ1) is 15.3. The van der Waals surface area contributed by atoms with Gasteiger partial charge in [-0.2, -0.15) is 4.31 Å². The van der Waals surface area contributed by atoms with E-state index in [0.29, 0.717) is 37.1 Å². The quantitative estimate of drug-likeness (QED) is 0.900. The fourth-order valence-electron chi connectivity index (χ4n) is 2.73. The third-order valence-electron chi connectivity index (χ3n) is 4.19. The fourth-order valence-corrected chi connectivity index (χ4v) is 4.23. The Bertz CT molecular complexity index is 679. The van der Waals surface area contributed by atoms with Crippen molar-refractivity contribution in [1.29, 1.82) is 0 Å². The number of hydrogen-bond donors (Lipinski definition) is 1. The summed E-state index contributed by atoms with van der Waals surface area (Å²) in [5, 5.41) is 2.70. The average Bonchev–Trinajstić information content (AvgIpc) is 2.67. The van der Waals surface area contributed by atoms with Crippen LogP contribution in [0.3, 0.4) is 0 Å². The fraction of sp³-hybridized carbons (Fsp3) is 0.533. The van der Waals surface area contributed by atoms with Crippen LogP contribution >= 0.6 is 0 Å². The second kappa shape index (κ2) is 5.89. The molecule has 22 heavy (non-hydrogen) atoms. The second-order valence-corrected chi connectivity index (χ2v) is 7.83. The standard InChI is InChI=1S/C15H20N2O4S/c1-11-4-7-17(8-5-11)22(19,20)12-2-3-14-13(10-12)16-15(18)6-9-21-14/h2-3,10-11H,4-9H2,1H3,(H,16,18). The minimum Gasteiger partial charge on any atom is -0.491 e. The molecule has 1 amide bonds. The molecule has 0 aliphatic carbocycles. The Balaban J connectivity index is 1.90. The molecule has 0 radical (unpaired) electrons. The van der Waals surface area contributed by atoms with E-state index >= 15 is 0 Å². The van der Waals surface area contributed by atoms with E-state index in [1.807, 2.05) is 0 Å². The summed E-state index contributed by atoms with van der Waals surface area (Å²) in [5.41, 5.74) is 0.425. The SMILES string of the molecule is CC1CCN(S(=O)(=O)c2ccc3c(c2)NC(=O)CCO3)CC1. The van der Waals surface area contributed by atoms with Crippen molar-refractivity contribution in [3.8, 4) is 5.75 Å². The van der Waals surface area contributed by atoms with Gasteiger partial charge in [-0.15, -0.1) is 0 Å². The topological polar surface area (TPSA) is 75.7 Å². The number of sulfonamides is 1. The van der Waals surface area contributed by atoms with Crippen molar-refractivity contribution >= 4 is 21.6 Å². The van der Waals surface area contributed by atoms with Crippen molar-refractivity contribution in [3.63, 3.8) is 0 Å². The lowest BCUT2D eigenvalue weighted by Crippen LogP contribution is -2.37. The molecule has 7 heteroatoms. The van der Waals surface area contributed by atoms with Crippen LogP contribution in [-0.2, 0) is 14.8 Å². The normalized spacial score (nSPS) is 20.7. The number of fused-ring (bicyclic) bond motifs is 1.